The molecule has 4 aromatic rings. The Morgan fingerprint density at radius 2 is 1.79 bits per heavy atom. The molecule has 3 aliphatic heterocycles. The molecule has 17 heteroatoms. The summed E-state index contributed by atoms with van der Waals surface area (Å²) < 4.78 is 22.1. The van der Waals surface area contributed by atoms with Gasteiger partial charge in [-0.15, -0.1) is 6.42 Å². The average molecular weight is 997 g/mol. The van der Waals surface area contributed by atoms with Crippen molar-refractivity contribution in [1.82, 2.24) is 25.1 Å². The number of carbonyl (C=O) groups is 6. The van der Waals surface area contributed by atoms with Crippen molar-refractivity contribution in [2.75, 3.05) is 13.1 Å². The van der Waals surface area contributed by atoms with E-state index >= 15 is 4.39 Å². The molecule has 4 atom stereocenters. The third kappa shape index (κ3) is 10.3. The smallest absolute Gasteiger partial charge is 0.343 e. The first-order chi connectivity index (χ1) is 31.1. The van der Waals surface area contributed by atoms with E-state index in [-0.39, 0.29) is 155 Å². The molecular weight excluding hydrogens is 943 g/mol. The summed E-state index contributed by atoms with van der Waals surface area (Å²) in [6.07, 6.45) is 3.82. The number of hydrogen-bond donors (Lipinski definition) is 4. The van der Waals surface area contributed by atoms with Crippen molar-refractivity contribution in [3.8, 4) is 11.4 Å². The Kier molecular flexibility index (Phi) is 16.7. The third-order valence-electron chi connectivity index (χ3n) is 13.0. The fraction of sp³-hybridized carbons (Fsp3) is 0.429. The van der Waals surface area contributed by atoms with E-state index in [9.17, 15) is 38.7 Å². The van der Waals surface area contributed by atoms with Gasteiger partial charge in [-0.25, -0.2) is 14.2 Å². The van der Waals surface area contributed by atoms with Crippen molar-refractivity contribution in [3.05, 3.63) is 111 Å². The number of aliphatic hydroxyl groups is 1. The fourth-order valence-corrected chi connectivity index (χ4v) is 9.63. The molecule has 1 aliphatic carbocycles. The second-order valence-electron chi connectivity index (χ2n) is 17.1. The van der Waals surface area contributed by atoms with Gasteiger partial charge in [0.15, 0.2) is 5.60 Å². The monoisotopic (exact) mass is 996 g/mol. The molecule has 0 spiro atoms. The standard InChI is InChI=1S/C43H46FN4O7.C6H8NO2S.Y/c1-4-27(49)14-17-37(51)46-26(18-25-10-7-6-8-11-25)12-9-13-28(50)21-45-34-16-15-29-24(3)33(44)20-35-38(29)39(34)30-22-48-36(40(30)47-35)19-32-31(41(48)52)23-55-42(53)43(32,54)5-2;1-2-7-5(8)3-4(10)6(7)9;/h6-8,10-11,19-20,26,34,45,54H,1,4-5,9,12-18,21-23H2,2-3H3,(H,46,51);4,10H,1-3H2;/q2*-1;/t26-,34+,43+;;/m1../s1. The molecule has 14 nitrogen and oxygen atoms in total. The third-order valence-corrected chi connectivity index (χ3v) is 13.4. The number of ketones is 2. The van der Waals surface area contributed by atoms with Crippen LogP contribution >= 0.6 is 12.6 Å². The molecule has 347 valence electrons. The molecule has 2 aromatic heterocycles. The van der Waals surface area contributed by atoms with Gasteiger partial charge in [0.05, 0.1) is 40.8 Å². The molecular formula is C49H54FN5O9SY-2. The number of halogens is 1. The van der Waals surface area contributed by atoms with Crippen LogP contribution in [0, 0.1) is 26.6 Å². The molecule has 3 amide bonds. The molecule has 8 rings (SSSR count). The summed E-state index contributed by atoms with van der Waals surface area (Å²) in [5.41, 5.74) is 3.55. The number of likely N-dealkylation sites (tertiary alicyclic amines) is 1. The molecule has 1 unspecified atom stereocenters. The maximum absolute atomic E-state index is 15.3. The second-order valence-corrected chi connectivity index (χ2v) is 17.7. The second kappa shape index (κ2) is 21.6. The van der Waals surface area contributed by atoms with E-state index in [1.165, 1.54) is 6.07 Å². The van der Waals surface area contributed by atoms with Gasteiger partial charge >= 0.3 is 5.97 Å². The number of amides is 3. The predicted molar refractivity (Wildman–Crippen MR) is 243 cm³/mol. The summed E-state index contributed by atoms with van der Waals surface area (Å²) in [7, 11) is 0. The fourth-order valence-electron chi connectivity index (χ4n) is 9.33. The number of carbonyl (C=O) groups excluding carboxylic acids is 6. The number of aryl methyl sites for hydroxylation is 1. The van der Waals surface area contributed by atoms with E-state index in [0.717, 1.165) is 32.5 Å². The van der Waals surface area contributed by atoms with E-state index in [1.54, 1.807) is 24.5 Å². The molecule has 1 radical (unpaired) electrons. The molecule has 0 saturated carbocycles. The first kappa shape index (κ1) is 50.9. The molecule has 5 heterocycles. The Labute approximate surface area is 413 Å². The Morgan fingerprint density at radius 3 is 2.44 bits per heavy atom. The summed E-state index contributed by atoms with van der Waals surface area (Å²) >= 11 is 3.92. The van der Waals surface area contributed by atoms with Gasteiger partial charge in [0, 0.05) is 93.1 Å². The number of nitrogens with zero attached hydrogens (tertiary/aromatic N) is 3. The summed E-state index contributed by atoms with van der Waals surface area (Å²) in [4.78, 5) is 92.2. The van der Waals surface area contributed by atoms with E-state index in [0.29, 0.717) is 61.0 Å². The molecule has 3 N–H and O–H groups in total. The van der Waals surface area contributed by atoms with Gasteiger partial charge in [-0.2, -0.15) is 12.6 Å². The topological polar surface area (TPSA) is 194 Å². The van der Waals surface area contributed by atoms with Crippen LogP contribution in [-0.4, -0.2) is 79.2 Å². The Hall–Kier alpha value is -4.48. The number of fused-ring (bicyclic) bond motifs is 5. The number of rotatable bonds is 16. The number of hydrogen-bond acceptors (Lipinski definition) is 12. The van der Waals surface area contributed by atoms with Crippen LogP contribution in [0.1, 0.15) is 110 Å². The van der Waals surface area contributed by atoms with Gasteiger partial charge in [-0.3, -0.25) is 24.0 Å². The van der Waals surface area contributed by atoms with Crippen molar-refractivity contribution in [2.24, 2.45) is 0 Å². The first-order valence-corrected chi connectivity index (χ1v) is 22.6. The van der Waals surface area contributed by atoms with E-state index in [1.807, 2.05) is 30.3 Å². The van der Waals surface area contributed by atoms with Crippen LogP contribution < -0.4 is 16.2 Å². The van der Waals surface area contributed by atoms with Crippen molar-refractivity contribution in [2.45, 2.75) is 121 Å². The number of imide groups is 1. The van der Waals surface area contributed by atoms with Crippen LogP contribution in [0.2, 0.25) is 0 Å². The maximum Gasteiger partial charge on any atom is 0.343 e. The first-order valence-electron chi connectivity index (χ1n) is 22.1. The molecule has 1 fully saturated rings. The van der Waals surface area contributed by atoms with Gasteiger partial charge in [-0.05, 0) is 73.8 Å². The predicted octanol–water partition coefficient (Wildman–Crippen LogP) is 5.02. The van der Waals surface area contributed by atoms with Gasteiger partial charge in [0.25, 0.3) is 5.56 Å². The minimum absolute atomic E-state index is 0. The number of aromatic nitrogens is 2. The Morgan fingerprint density at radius 1 is 1.05 bits per heavy atom. The molecule has 2 aromatic carbocycles. The normalized spacial score (nSPS) is 19.5. The number of pyridine rings is 2. The van der Waals surface area contributed by atoms with Gasteiger partial charge < -0.3 is 48.6 Å². The number of nitrogens with one attached hydrogen (secondary N) is 2. The Balaban J connectivity index is 0.000000581. The summed E-state index contributed by atoms with van der Waals surface area (Å²) in [5.74, 6) is -1.83. The van der Waals surface area contributed by atoms with E-state index < -0.39 is 16.8 Å². The molecule has 0 bridgehead atoms. The number of ether oxygens (including phenoxy) is 1. The quantitative estimate of drug-likeness (QED) is 0.0449. The minimum Gasteiger partial charge on any atom is -0.458 e. The zero-order valence-corrected chi connectivity index (χ0v) is 41.0. The van der Waals surface area contributed by atoms with Crippen LogP contribution in [-0.2, 0) is 97.8 Å². The number of thiol groups is 1. The summed E-state index contributed by atoms with van der Waals surface area (Å²) in [6, 6.07) is 12.4. The van der Waals surface area contributed by atoms with Crippen LogP contribution in [0.4, 0.5) is 4.39 Å². The summed E-state index contributed by atoms with van der Waals surface area (Å²) in [6.45, 7) is 10.7. The van der Waals surface area contributed by atoms with Crippen molar-refractivity contribution >= 4 is 58.8 Å². The largest absolute Gasteiger partial charge is 0.458 e. The zero-order valence-electron chi connectivity index (χ0n) is 37.3. The molecule has 1 saturated heterocycles. The number of cyclic esters (lactones) is 1. The van der Waals surface area contributed by atoms with Crippen LogP contribution in [0.5, 0.6) is 0 Å². The Bertz CT molecular complexity index is 2640. The van der Waals surface area contributed by atoms with Gasteiger partial charge in [0.1, 0.15) is 24.0 Å². The van der Waals surface area contributed by atoms with Crippen LogP contribution in [0.15, 0.2) is 47.3 Å². The SMILES string of the molecule is [CH2-]CC(=O)CCC(=O)N[C@H](CCCC(=O)CN[C@H]1CCc2c(C)c(F)cc3nc4c(c1c23)Cn1c-4cc2c(c1=O)COC(=O)[C@]2(O)CC)Cc1ccccc1.[CH2-]CN1C(=O)CC(S)C1=O.[Y]. The average Bonchev–Trinajstić information content (AvgIpc) is 3.79. The van der Waals surface area contributed by atoms with Crippen molar-refractivity contribution < 1.29 is 75.7 Å². The van der Waals surface area contributed by atoms with Crippen molar-refractivity contribution in [3.63, 3.8) is 0 Å². The summed E-state index contributed by atoms with van der Waals surface area (Å²) in [5, 5.41) is 18.3. The zero-order chi connectivity index (χ0) is 46.7. The number of esters is 1. The van der Waals surface area contributed by atoms with Crippen LogP contribution in [0.3, 0.4) is 0 Å². The number of benzene rings is 2. The molecule has 4 aliphatic rings. The minimum atomic E-state index is -1.98. The van der Waals surface area contributed by atoms with E-state index in [4.69, 9.17) is 9.72 Å². The van der Waals surface area contributed by atoms with Gasteiger partial charge in [0.2, 0.25) is 17.7 Å². The van der Waals surface area contributed by atoms with Gasteiger partial charge in [-0.1, -0.05) is 43.8 Å². The van der Waals surface area contributed by atoms with Crippen molar-refractivity contribution in [1.29, 1.82) is 0 Å². The maximum atomic E-state index is 15.3. The molecule has 66 heavy (non-hydrogen) atoms. The van der Waals surface area contributed by atoms with Crippen LogP contribution in [0.25, 0.3) is 22.3 Å². The van der Waals surface area contributed by atoms with E-state index in [2.05, 4.69) is 37.1 Å². The number of Topliss-reactive ketones (excluding diaryl/α,β-unsaturated/α-hetero) is 2.